The number of para-hydroxylation sites is 1. The van der Waals surface area contributed by atoms with Crippen molar-refractivity contribution in [1.82, 2.24) is 19.7 Å². The van der Waals surface area contributed by atoms with E-state index in [0.717, 1.165) is 22.5 Å². The fourth-order valence-electron chi connectivity index (χ4n) is 3.09. The summed E-state index contributed by atoms with van der Waals surface area (Å²) >= 11 is 7.44. The number of nitriles is 1. The van der Waals surface area contributed by atoms with Gasteiger partial charge in [-0.2, -0.15) is 5.26 Å². The number of benzene rings is 2. The average molecular weight is 422 g/mol. The Labute approximate surface area is 177 Å². The van der Waals surface area contributed by atoms with Gasteiger partial charge in [0.25, 0.3) is 0 Å². The molecule has 0 atom stereocenters. The van der Waals surface area contributed by atoms with E-state index in [1.54, 1.807) is 25.3 Å². The molecule has 4 aromatic rings. The van der Waals surface area contributed by atoms with Crippen LogP contribution in [0.4, 0.5) is 0 Å². The number of methoxy groups -OCH3 is 1. The number of halogens is 1. The van der Waals surface area contributed by atoms with Gasteiger partial charge in [0.2, 0.25) is 0 Å². The molecule has 2 heterocycles. The molecule has 0 saturated carbocycles. The molecule has 0 aliphatic heterocycles. The molecule has 4 rings (SSSR count). The Morgan fingerprint density at radius 1 is 1.17 bits per heavy atom. The number of pyridine rings is 1. The lowest BCUT2D eigenvalue weighted by atomic mass is 10.1. The Hall–Kier alpha value is -3.08. The standard InChI is InChI=1S/C21H16ClN5OS/c1-3-27-20(15-6-4-5-7-18(15)28-2)25-26-21(27)29-19-10-13(12-23)16-11-14(22)8-9-17(16)24-19/h4-11H,3H2,1-2H3. The zero-order valence-corrected chi connectivity index (χ0v) is 17.3. The largest absolute Gasteiger partial charge is 0.496 e. The summed E-state index contributed by atoms with van der Waals surface area (Å²) in [7, 11) is 1.63. The van der Waals surface area contributed by atoms with Crippen LogP contribution in [0.1, 0.15) is 12.5 Å². The van der Waals surface area contributed by atoms with E-state index in [0.29, 0.717) is 32.8 Å². The number of aromatic nitrogens is 4. The summed E-state index contributed by atoms with van der Waals surface area (Å²) < 4.78 is 7.47. The number of hydrogen-bond acceptors (Lipinski definition) is 6. The Bertz CT molecular complexity index is 1250. The normalized spacial score (nSPS) is 10.8. The molecule has 0 aliphatic rings. The van der Waals surface area contributed by atoms with Crippen molar-refractivity contribution in [1.29, 1.82) is 5.26 Å². The summed E-state index contributed by atoms with van der Waals surface area (Å²) in [4.78, 5) is 4.66. The van der Waals surface area contributed by atoms with E-state index < -0.39 is 0 Å². The minimum Gasteiger partial charge on any atom is -0.496 e. The fraction of sp³-hybridized carbons (Fsp3) is 0.143. The van der Waals surface area contributed by atoms with Crippen molar-refractivity contribution in [2.24, 2.45) is 0 Å². The third-order valence-corrected chi connectivity index (χ3v) is 5.58. The maximum absolute atomic E-state index is 9.55. The van der Waals surface area contributed by atoms with Crippen LogP contribution in [0, 0.1) is 11.3 Å². The molecule has 0 amide bonds. The van der Waals surface area contributed by atoms with Crippen LogP contribution >= 0.6 is 23.4 Å². The zero-order valence-electron chi connectivity index (χ0n) is 15.8. The SMILES string of the molecule is CCn1c(Sc2cc(C#N)c3cc(Cl)ccc3n2)nnc1-c1ccccc1OC. The Balaban J connectivity index is 1.77. The molecule has 6 nitrogen and oxygen atoms in total. The number of hydrogen-bond donors (Lipinski definition) is 0. The first kappa shape index (κ1) is 19.2. The van der Waals surface area contributed by atoms with E-state index in [1.807, 2.05) is 41.8 Å². The van der Waals surface area contributed by atoms with Crippen LogP contribution in [0.2, 0.25) is 5.02 Å². The van der Waals surface area contributed by atoms with Crippen molar-refractivity contribution in [2.75, 3.05) is 7.11 Å². The highest BCUT2D eigenvalue weighted by Gasteiger charge is 2.18. The molecule has 2 aromatic heterocycles. The van der Waals surface area contributed by atoms with Crippen molar-refractivity contribution < 1.29 is 4.74 Å². The quantitative estimate of drug-likeness (QED) is 0.441. The van der Waals surface area contributed by atoms with E-state index in [-0.39, 0.29) is 0 Å². The van der Waals surface area contributed by atoms with E-state index in [9.17, 15) is 5.26 Å². The van der Waals surface area contributed by atoms with Gasteiger partial charge in [0, 0.05) is 17.0 Å². The van der Waals surface area contributed by atoms with Crippen LogP contribution in [0.25, 0.3) is 22.3 Å². The predicted molar refractivity (Wildman–Crippen MR) is 113 cm³/mol. The molecule has 0 unspecified atom stereocenters. The summed E-state index contributed by atoms with van der Waals surface area (Å²) in [5.74, 6) is 1.46. The van der Waals surface area contributed by atoms with Gasteiger partial charge in [-0.15, -0.1) is 10.2 Å². The predicted octanol–water partition coefficient (Wildman–Crippen LogP) is 5.20. The Morgan fingerprint density at radius 2 is 2.00 bits per heavy atom. The van der Waals surface area contributed by atoms with Crippen LogP contribution in [0.3, 0.4) is 0 Å². The van der Waals surface area contributed by atoms with Crippen LogP contribution in [0.15, 0.2) is 58.7 Å². The maximum atomic E-state index is 9.55. The second-order valence-corrected chi connectivity index (χ2v) is 7.56. The minimum atomic E-state index is 0.521. The van der Waals surface area contributed by atoms with Crippen molar-refractivity contribution >= 4 is 34.3 Å². The number of fused-ring (bicyclic) bond motifs is 1. The lowest BCUT2D eigenvalue weighted by Gasteiger charge is -2.10. The average Bonchev–Trinajstić information content (AvgIpc) is 3.15. The first-order valence-electron chi connectivity index (χ1n) is 8.89. The van der Waals surface area contributed by atoms with Crippen LogP contribution in [-0.4, -0.2) is 26.9 Å². The van der Waals surface area contributed by atoms with Gasteiger partial charge in [0.15, 0.2) is 11.0 Å². The molecule has 0 fully saturated rings. The molecule has 0 radical (unpaired) electrons. The topological polar surface area (TPSA) is 76.6 Å². The highest BCUT2D eigenvalue weighted by molar-refractivity contribution is 7.99. The van der Waals surface area contributed by atoms with E-state index >= 15 is 0 Å². The molecule has 0 spiro atoms. The minimum absolute atomic E-state index is 0.521. The summed E-state index contributed by atoms with van der Waals surface area (Å²) in [5, 5.41) is 21.0. The molecule has 8 heteroatoms. The summed E-state index contributed by atoms with van der Waals surface area (Å²) in [6.07, 6.45) is 0. The van der Waals surface area contributed by atoms with Gasteiger partial charge in [-0.1, -0.05) is 23.7 Å². The van der Waals surface area contributed by atoms with Crippen molar-refractivity contribution in [3.05, 3.63) is 59.1 Å². The second kappa shape index (κ2) is 8.11. The summed E-state index contributed by atoms with van der Waals surface area (Å²) in [6.45, 7) is 2.71. The fourth-order valence-corrected chi connectivity index (χ4v) is 4.18. The lowest BCUT2D eigenvalue weighted by molar-refractivity contribution is 0.416. The third-order valence-electron chi connectivity index (χ3n) is 4.44. The summed E-state index contributed by atoms with van der Waals surface area (Å²) in [5.41, 5.74) is 2.10. The molecular weight excluding hydrogens is 406 g/mol. The first-order chi connectivity index (χ1) is 14.1. The van der Waals surface area contributed by atoms with E-state index in [2.05, 4.69) is 21.3 Å². The Kier molecular flexibility index (Phi) is 5.38. The van der Waals surface area contributed by atoms with Gasteiger partial charge in [-0.3, -0.25) is 0 Å². The van der Waals surface area contributed by atoms with Gasteiger partial charge in [-0.25, -0.2) is 4.98 Å². The zero-order chi connectivity index (χ0) is 20.4. The number of ether oxygens (including phenoxy) is 1. The van der Waals surface area contributed by atoms with Crippen LogP contribution in [-0.2, 0) is 6.54 Å². The molecule has 2 aromatic carbocycles. The van der Waals surface area contributed by atoms with Gasteiger partial charge < -0.3 is 9.30 Å². The van der Waals surface area contributed by atoms with Crippen LogP contribution < -0.4 is 4.74 Å². The third kappa shape index (κ3) is 3.65. The molecule has 144 valence electrons. The second-order valence-electron chi connectivity index (χ2n) is 6.13. The number of nitrogens with zero attached hydrogens (tertiary/aromatic N) is 5. The van der Waals surface area contributed by atoms with Gasteiger partial charge >= 0.3 is 0 Å². The molecule has 0 saturated heterocycles. The van der Waals surface area contributed by atoms with E-state index in [1.165, 1.54) is 11.8 Å². The Morgan fingerprint density at radius 3 is 2.76 bits per heavy atom. The molecule has 29 heavy (non-hydrogen) atoms. The van der Waals surface area contributed by atoms with E-state index in [4.69, 9.17) is 16.3 Å². The van der Waals surface area contributed by atoms with Crippen molar-refractivity contribution in [3.8, 4) is 23.2 Å². The number of rotatable bonds is 5. The summed E-state index contributed by atoms with van der Waals surface area (Å²) in [6, 6.07) is 17.0. The molecular formula is C21H16ClN5OS. The molecule has 0 aliphatic carbocycles. The highest BCUT2D eigenvalue weighted by atomic mass is 35.5. The lowest BCUT2D eigenvalue weighted by Crippen LogP contribution is -2.01. The first-order valence-corrected chi connectivity index (χ1v) is 10.1. The van der Waals surface area contributed by atoms with Gasteiger partial charge in [0.05, 0.1) is 29.8 Å². The molecule has 0 N–H and O–H groups in total. The highest BCUT2D eigenvalue weighted by Crippen LogP contribution is 2.34. The van der Waals surface area contributed by atoms with Crippen LogP contribution in [0.5, 0.6) is 5.75 Å². The van der Waals surface area contributed by atoms with Crippen molar-refractivity contribution in [3.63, 3.8) is 0 Å². The van der Waals surface area contributed by atoms with Gasteiger partial charge in [0.1, 0.15) is 10.8 Å². The van der Waals surface area contributed by atoms with Gasteiger partial charge in [-0.05, 0) is 55.1 Å². The maximum Gasteiger partial charge on any atom is 0.197 e. The monoisotopic (exact) mass is 421 g/mol. The molecule has 0 bridgehead atoms. The smallest absolute Gasteiger partial charge is 0.197 e. The van der Waals surface area contributed by atoms with Crippen molar-refractivity contribution in [2.45, 2.75) is 23.7 Å².